The Morgan fingerprint density at radius 3 is 2.06 bits per heavy atom. The molecule has 4 heteroatoms. The summed E-state index contributed by atoms with van der Waals surface area (Å²) in [6.45, 7) is 6.17. The number of hydrogen-bond acceptors (Lipinski definition) is 3. The first-order valence-electron chi connectivity index (χ1n) is 10.9. The molecule has 3 aromatic carbocycles. The molecule has 1 fully saturated rings. The van der Waals surface area contributed by atoms with Crippen LogP contribution in [0.4, 0.5) is 5.69 Å². The molecule has 0 aliphatic carbocycles. The lowest BCUT2D eigenvalue weighted by Crippen LogP contribution is -2.36. The van der Waals surface area contributed by atoms with Crippen LogP contribution in [0.25, 0.3) is 11.1 Å². The van der Waals surface area contributed by atoms with Gasteiger partial charge in [0.05, 0.1) is 35.3 Å². The second-order valence-corrected chi connectivity index (χ2v) is 9.45. The average Bonchev–Trinajstić information content (AvgIpc) is 3.09. The Balaban J connectivity index is 1.92. The van der Waals surface area contributed by atoms with Gasteiger partial charge in [0.1, 0.15) is 5.84 Å². The summed E-state index contributed by atoms with van der Waals surface area (Å²) in [5.41, 5.74) is 3.39. The van der Waals surface area contributed by atoms with Gasteiger partial charge >= 0.3 is 0 Å². The van der Waals surface area contributed by atoms with Crippen LogP contribution in [0.15, 0.2) is 83.9 Å². The third kappa shape index (κ3) is 2.77. The minimum Gasteiger partial charge on any atom is -0.319 e. The summed E-state index contributed by atoms with van der Waals surface area (Å²) in [5.74, 6) is 0.306. The summed E-state index contributed by atoms with van der Waals surface area (Å²) >= 11 is 0. The number of amidine groups is 1. The van der Waals surface area contributed by atoms with Crippen molar-refractivity contribution in [2.24, 2.45) is 10.4 Å². The van der Waals surface area contributed by atoms with Crippen LogP contribution < -0.4 is 4.90 Å². The molecule has 2 aliphatic rings. The van der Waals surface area contributed by atoms with Gasteiger partial charge in [0.2, 0.25) is 0 Å². The Morgan fingerprint density at radius 1 is 0.812 bits per heavy atom. The number of hydrogen-bond donors (Lipinski definition) is 0. The molecule has 156 valence electrons. The summed E-state index contributed by atoms with van der Waals surface area (Å²) in [4.78, 5) is 7.31. The van der Waals surface area contributed by atoms with Crippen LogP contribution >= 0.6 is 0 Å². The van der Waals surface area contributed by atoms with Crippen LogP contribution in [0.1, 0.15) is 43.9 Å². The second kappa shape index (κ2) is 7.08. The number of aliphatic imine (C=N–C) groups is 1. The Kier molecular flexibility index (Phi) is 4.43. The van der Waals surface area contributed by atoms with E-state index < -0.39 is 17.4 Å². The van der Waals surface area contributed by atoms with Crippen molar-refractivity contribution in [3.63, 3.8) is 0 Å². The fourth-order valence-electron chi connectivity index (χ4n) is 5.17. The minimum absolute atomic E-state index is 0.375. The van der Waals surface area contributed by atoms with Gasteiger partial charge in [0.15, 0.2) is 5.41 Å². The summed E-state index contributed by atoms with van der Waals surface area (Å²) in [6, 6.07) is 30.7. The molecule has 0 unspecified atom stereocenters. The zero-order valence-corrected chi connectivity index (χ0v) is 18.4. The highest BCUT2D eigenvalue weighted by molar-refractivity contribution is 6.11. The fourth-order valence-corrected chi connectivity index (χ4v) is 5.17. The van der Waals surface area contributed by atoms with E-state index in [-0.39, 0.29) is 5.54 Å². The van der Waals surface area contributed by atoms with Crippen molar-refractivity contribution in [3.05, 3.63) is 90.0 Å². The number of para-hydroxylation sites is 1. The van der Waals surface area contributed by atoms with E-state index in [4.69, 9.17) is 4.99 Å². The molecule has 3 aromatic rings. The molecule has 2 atom stereocenters. The van der Waals surface area contributed by atoms with E-state index in [2.05, 4.69) is 62.1 Å². The lowest BCUT2D eigenvalue weighted by molar-refractivity contribution is 0.437. The predicted molar refractivity (Wildman–Crippen MR) is 127 cm³/mol. The van der Waals surface area contributed by atoms with E-state index in [9.17, 15) is 10.5 Å². The Hall–Kier alpha value is -3.89. The van der Waals surface area contributed by atoms with Gasteiger partial charge in [-0.1, -0.05) is 72.8 Å². The van der Waals surface area contributed by atoms with Gasteiger partial charge in [-0.2, -0.15) is 10.5 Å². The Labute approximate surface area is 189 Å². The number of anilines is 1. The molecule has 0 N–H and O–H groups in total. The van der Waals surface area contributed by atoms with Gasteiger partial charge in [-0.15, -0.1) is 0 Å². The molecule has 2 aliphatic heterocycles. The molecular weight excluding hydrogens is 392 g/mol. The largest absolute Gasteiger partial charge is 0.319 e. The normalized spacial score (nSPS) is 21.8. The molecular formula is C28H24N4. The molecule has 0 aromatic heterocycles. The van der Waals surface area contributed by atoms with Crippen LogP contribution in [0.2, 0.25) is 0 Å². The summed E-state index contributed by atoms with van der Waals surface area (Å²) < 4.78 is 0. The maximum absolute atomic E-state index is 10.6. The first kappa shape index (κ1) is 20.0. The molecule has 0 spiro atoms. The number of rotatable bonds is 1. The van der Waals surface area contributed by atoms with E-state index in [1.165, 1.54) is 0 Å². The topological polar surface area (TPSA) is 63.2 Å². The highest BCUT2D eigenvalue weighted by Gasteiger charge is 2.62. The highest BCUT2D eigenvalue weighted by atomic mass is 15.3. The predicted octanol–water partition coefficient (Wildman–Crippen LogP) is 6.24. The zero-order valence-electron chi connectivity index (χ0n) is 18.4. The zero-order chi connectivity index (χ0) is 22.5. The molecule has 4 nitrogen and oxygen atoms in total. The van der Waals surface area contributed by atoms with Gasteiger partial charge < -0.3 is 4.90 Å². The van der Waals surface area contributed by atoms with Gasteiger partial charge in [0, 0.05) is 5.56 Å². The van der Waals surface area contributed by atoms with Crippen molar-refractivity contribution < 1.29 is 0 Å². The molecule has 1 saturated heterocycles. The van der Waals surface area contributed by atoms with Gasteiger partial charge in [-0.05, 0) is 43.5 Å². The third-order valence-corrected chi connectivity index (χ3v) is 6.31. The molecule has 0 bridgehead atoms. The summed E-state index contributed by atoms with van der Waals surface area (Å²) in [7, 11) is 0. The van der Waals surface area contributed by atoms with E-state index in [1.807, 2.05) is 54.6 Å². The average molecular weight is 417 g/mol. The standard InChI is InChI=1S/C28H24N4/c1-27(2,3)31-26-24(19-11-5-4-6-12-19)28(17-29,18-30)25-22-15-8-7-13-20(22)21-14-9-10-16-23(21)32(25)26/h4-16,24-25H,1-3H3/t24-,25+/m0/s1. The van der Waals surface area contributed by atoms with E-state index in [0.29, 0.717) is 0 Å². The monoisotopic (exact) mass is 416 g/mol. The second-order valence-electron chi connectivity index (χ2n) is 9.45. The van der Waals surface area contributed by atoms with Crippen molar-refractivity contribution in [2.45, 2.75) is 38.3 Å². The Bertz CT molecular complexity index is 1290. The molecule has 0 radical (unpaired) electrons. The van der Waals surface area contributed by atoms with Crippen LogP contribution in [0.5, 0.6) is 0 Å². The molecule has 0 amide bonds. The van der Waals surface area contributed by atoms with Crippen molar-refractivity contribution in [1.29, 1.82) is 10.5 Å². The van der Waals surface area contributed by atoms with E-state index in [0.717, 1.165) is 33.8 Å². The van der Waals surface area contributed by atoms with Crippen molar-refractivity contribution in [1.82, 2.24) is 0 Å². The molecule has 0 saturated carbocycles. The molecule has 32 heavy (non-hydrogen) atoms. The van der Waals surface area contributed by atoms with Crippen LogP contribution in [-0.4, -0.2) is 11.4 Å². The number of benzene rings is 3. The lowest BCUT2D eigenvalue weighted by Gasteiger charge is -2.38. The highest BCUT2D eigenvalue weighted by Crippen LogP contribution is 2.61. The number of nitrogens with zero attached hydrogens (tertiary/aromatic N) is 4. The smallest absolute Gasteiger partial charge is 0.182 e. The number of nitriles is 2. The minimum atomic E-state index is -1.32. The summed E-state index contributed by atoms with van der Waals surface area (Å²) in [5, 5.41) is 21.2. The van der Waals surface area contributed by atoms with Gasteiger partial charge in [-0.3, -0.25) is 4.99 Å². The van der Waals surface area contributed by atoms with E-state index in [1.54, 1.807) is 0 Å². The van der Waals surface area contributed by atoms with Crippen LogP contribution in [-0.2, 0) is 0 Å². The SMILES string of the molecule is CC(C)(C)N=C1[C@H](c2ccccc2)C(C#N)(C#N)[C@H]2c3ccccc3-c3ccccc3N12. The van der Waals surface area contributed by atoms with Gasteiger partial charge in [-0.25, -0.2) is 0 Å². The van der Waals surface area contributed by atoms with Gasteiger partial charge in [0.25, 0.3) is 0 Å². The van der Waals surface area contributed by atoms with Crippen molar-refractivity contribution >= 4 is 11.5 Å². The first-order valence-corrected chi connectivity index (χ1v) is 10.9. The van der Waals surface area contributed by atoms with Crippen molar-refractivity contribution in [3.8, 4) is 23.3 Å². The van der Waals surface area contributed by atoms with Crippen LogP contribution in [0, 0.1) is 28.1 Å². The quantitative estimate of drug-likeness (QED) is 0.471. The van der Waals surface area contributed by atoms with E-state index >= 15 is 0 Å². The molecule has 2 heterocycles. The third-order valence-electron chi connectivity index (χ3n) is 6.31. The maximum Gasteiger partial charge on any atom is 0.182 e. The number of fused-ring (bicyclic) bond motifs is 6. The molecule has 5 rings (SSSR count). The first-order chi connectivity index (χ1) is 15.4. The lowest BCUT2D eigenvalue weighted by atomic mass is 9.69. The maximum atomic E-state index is 10.6. The van der Waals surface area contributed by atoms with Crippen LogP contribution in [0.3, 0.4) is 0 Å². The van der Waals surface area contributed by atoms with Crippen molar-refractivity contribution in [2.75, 3.05) is 4.90 Å². The Morgan fingerprint density at radius 2 is 1.41 bits per heavy atom. The summed E-state index contributed by atoms with van der Waals surface area (Å²) in [6.07, 6.45) is 0. The fraction of sp³-hybridized carbons (Fsp3) is 0.250.